The van der Waals surface area contributed by atoms with Crippen molar-refractivity contribution in [1.29, 1.82) is 0 Å². The van der Waals surface area contributed by atoms with Gasteiger partial charge in [-0.05, 0) is 44.9 Å². The lowest BCUT2D eigenvalue weighted by Crippen LogP contribution is -2.15. The molecule has 0 spiro atoms. The van der Waals surface area contributed by atoms with E-state index in [2.05, 4.69) is 48.5 Å². The van der Waals surface area contributed by atoms with Gasteiger partial charge in [-0.3, -0.25) is 33.6 Å². The van der Waals surface area contributed by atoms with E-state index in [0.29, 0.717) is 44.9 Å². The Labute approximate surface area is 867 Å². The normalized spacial score (nSPS) is 10.4. The molecule has 0 bridgehead atoms. The van der Waals surface area contributed by atoms with Gasteiger partial charge in [0.05, 0.1) is 66.1 Å². The smallest absolute Gasteiger partial charge is 0.303 e. The first-order valence-electron chi connectivity index (χ1n) is 57.5. The Kier molecular flexibility index (Phi) is 183. The van der Waals surface area contributed by atoms with Crippen LogP contribution >= 0.6 is 0 Å². The molecule has 0 unspecified atom stereocenters. The summed E-state index contributed by atoms with van der Waals surface area (Å²) in [5, 5.41) is 179. The molecule has 0 saturated carbocycles. The van der Waals surface area contributed by atoms with E-state index >= 15 is 0 Å². The van der Waals surface area contributed by atoms with Crippen LogP contribution in [0.5, 0.6) is 0 Å². The summed E-state index contributed by atoms with van der Waals surface area (Å²) in [6.45, 7) is 12.1. The Morgan fingerprint density at radius 2 is 0.176 bits per heavy atom. The van der Waals surface area contributed by atoms with Crippen molar-refractivity contribution in [3.05, 3.63) is 0 Å². The molecule has 0 radical (unpaired) electrons. The third-order valence-corrected chi connectivity index (χ3v) is 23.1. The fourth-order valence-electron chi connectivity index (χ4n) is 13.9. The van der Waals surface area contributed by atoms with E-state index < -0.39 is 72.3 Å². The van der Waals surface area contributed by atoms with Crippen molar-refractivity contribution in [2.24, 2.45) is 0 Å². The lowest BCUT2D eigenvalue weighted by atomic mass is 10.1. The quantitative estimate of drug-likeness (QED) is 0.0251. The molecule has 29 heteroatoms. The van der Waals surface area contributed by atoms with Crippen LogP contribution in [0, 0.1) is 0 Å². The number of hydrogen-bond donors (Lipinski definition) is 22. The van der Waals surface area contributed by atoms with E-state index in [4.69, 9.17) is 112 Å². The van der Waals surface area contributed by atoms with Gasteiger partial charge in [0.15, 0.2) is 0 Å². The molecule has 22 N–H and O–H groups in total. The number of aliphatic hydroxyl groups is 15. The first-order valence-corrected chi connectivity index (χ1v) is 57.5. The topological polar surface area (TPSA) is 565 Å². The van der Waals surface area contributed by atoms with Crippen LogP contribution < -0.4 is 0 Å². The minimum Gasteiger partial charge on any atom is -0.481 e. The zero-order valence-corrected chi connectivity index (χ0v) is 92.6. The van der Waals surface area contributed by atoms with Crippen molar-refractivity contribution in [3.8, 4) is 0 Å². The highest BCUT2D eigenvalue weighted by Gasteiger charge is 2.06. The summed E-state index contributed by atoms with van der Waals surface area (Å²) in [6, 6.07) is 0. The SMILES string of the molecule is CCCCCCCCCCCCCC(=O)O.CCCCCCCCCCCCCC(=O)O.CCCCCCCCCCCCCC(=O)O.CCCCCCCCCCCCCC(=O)O.CCCCCCCCCCCCCC(=O)O.CCCCCCCCCCCCCC(=O)O.CCCCCCCCCCCCCC(=O)O.OCC(O)CO.OCC(O)CO.OCC(O)CO.OCC(O)CO.OCC(O)CO. The maximum absolute atomic E-state index is 10.3. The van der Waals surface area contributed by atoms with Crippen molar-refractivity contribution in [2.45, 2.75) is 618 Å². The molecule has 0 saturated heterocycles. The molecule has 862 valence electrons. The van der Waals surface area contributed by atoms with Crippen molar-refractivity contribution in [1.82, 2.24) is 0 Å². The van der Waals surface area contributed by atoms with Gasteiger partial charge >= 0.3 is 41.8 Å². The number of aliphatic hydroxyl groups excluding tert-OH is 15. The Morgan fingerprint density at radius 1 is 0.120 bits per heavy atom. The van der Waals surface area contributed by atoms with Crippen LogP contribution in [0.3, 0.4) is 0 Å². The van der Waals surface area contributed by atoms with Crippen molar-refractivity contribution >= 4 is 41.8 Å². The number of hydrogen-bond acceptors (Lipinski definition) is 22. The molecular formula is C113H236O29. The van der Waals surface area contributed by atoms with E-state index in [1.165, 1.54) is 405 Å². The van der Waals surface area contributed by atoms with E-state index in [1.54, 1.807) is 0 Å². The third kappa shape index (κ3) is 216. The molecule has 0 aliphatic rings. The first-order chi connectivity index (χ1) is 68.4. The molecule has 29 nitrogen and oxygen atoms in total. The predicted molar refractivity (Wildman–Crippen MR) is 582 cm³/mol. The second-order valence-corrected chi connectivity index (χ2v) is 37.8. The summed E-state index contributed by atoms with van der Waals surface area (Å²) in [5.74, 6) is -4.60. The molecule has 0 fully saturated rings. The fraction of sp³-hybridized carbons (Fsp3) is 0.938. The number of carboxylic acid groups (broad SMARTS) is 7. The van der Waals surface area contributed by atoms with E-state index in [-0.39, 0.29) is 66.1 Å². The molecule has 0 heterocycles. The fourth-order valence-corrected chi connectivity index (χ4v) is 13.9. The van der Waals surface area contributed by atoms with Gasteiger partial charge in [-0.25, -0.2) is 0 Å². The molecule has 0 aromatic carbocycles. The minimum atomic E-state index is -0.954. The molecule has 0 aromatic heterocycles. The number of carbonyl (C=O) groups is 7. The van der Waals surface area contributed by atoms with Crippen molar-refractivity contribution in [2.75, 3.05) is 66.1 Å². The zero-order valence-electron chi connectivity index (χ0n) is 92.6. The summed E-state index contributed by atoms with van der Waals surface area (Å²) in [7, 11) is 0. The van der Waals surface area contributed by atoms with Crippen molar-refractivity contribution < 1.29 is 146 Å². The first kappa shape index (κ1) is 163. The number of rotatable bonds is 94. The summed E-state index contributed by atoms with van der Waals surface area (Å²) in [4.78, 5) is 71.8. The van der Waals surface area contributed by atoms with Gasteiger partial charge in [0.1, 0.15) is 30.5 Å². The van der Waals surface area contributed by atoms with Gasteiger partial charge < -0.3 is 112 Å². The molecule has 0 rings (SSSR count). The average Bonchev–Trinajstić information content (AvgIpc) is 1.12. The summed E-state index contributed by atoms with van der Waals surface area (Å²) >= 11 is 0. The highest BCUT2D eigenvalue weighted by molar-refractivity contribution is 5.68. The molecule has 142 heavy (non-hydrogen) atoms. The van der Waals surface area contributed by atoms with Crippen molar-refractivity contribution in [3.63, 3.8) is 0 Å². The lowest BCUT2D eigenvalue weighted by Gasteiger charge is -2.01. The Morgan fingerprint density at radius 3 is 0.218 bits per heavy atom. The predicted octanol–water partition coefficient (Wildman–Crippen LogP) is 25.1. The highest BCUT2D eigenvalue weighted by Crippen LogP contribution is 2.20. The molecule has 0 aliphatic heterocycles. The maximum atomic E-state index is 10.3. The molecule has 0 atom stereocenters. The Balaban J connectivity index is -0.000000132. The monoisotopic (exact) mass is 2060 g/mol. The lowest BCUT2D eigenvalue weighted by molar-refractivity contribution is -0.138. The summed E-state index contributed by atoms with van der Waals surface area (Å²) in [5.41, 5.74) is 0. The molecule has 0 aromatic rings. The van der Waals surface area contributed by atoms with Crippen LogP contribution in [0.2, 0.25) is 0 Å². The van der Waals surface area contributed by atoms with Crippen LogP contribution in [-0.2, 0) is 33.6 Å². The zero-order chi connectivity index (χ0) is 109. The van der Waals surface area contributed by atoms with Gasteiger partial charge in [-0.2, -0.15) is 0 Å². The van der Waals surface area contributed by atoms with Gasteiger partial charge in [0, 0.05) is 44.9 Å². The number of aliphatic carboxylic acids is 7. The number of carboxylic acids is 7. The van der Waals surface area contributed by atoms with Gasteiger partial charge in [0.25, 0.3) is 0 Å². The minimum absolute atomic E-state index is 0.344. The van der Waals surface area contributed by atoms with Crippen LogP contribution in [0.15, 0.2) is 0 Å². The number of unbranched alkanes of at least 4 members (excludes halogenated alkanes) is 70. The summed E-state index contributed by atoms with van der Waals surface area (Å²) in [6.07, 6.45) is 95.7. The van der Waals surface area contributed by atoms with Crippen LogP contribution in [0.25, 0.3) is 0 Å². The van der Waals surface area contributed by atoms with E-state index in [1.807, 2.05) is 0 Å². The Bertz CT molecular complexity index is 1830. The van der Waals surface area contributed by atoms with Crippen LogP contribution in [0.1, 0.15) is 588 Å². The highest BCUT2D eigenvalue weighted by atomic mass is 16.4. The molecule has 0 aliphatic carbocycles. The second kappa shape index (κ2) is 159. The molecular weight excluding hydrogens is 1820 g/mol. The van der Waals surface area contributed by atoms with Gasteiger partial charge in [-0.1, -0.05) is 498 Å². The molecule has 0 amide bonds. The van der Waals surface area contributed by atoms with Crippen LogP contribution in [0.4, 0.5) is 0 Å². The van der Waals surface area contributed by atoms with Gasteiger partial charge in [0.2, 0.25) is 0 Å². The van der Waals surface area contributed by atoms with Crippen LogP contribution in [-0.4, -0.2) is 251 Å². The Hall–Kier alpha value is -4.31. The van der Waals surface area contributed by atoms with E-state index in [9.17, 15) is 33.6 Å². The largest absolute Gasteiger partial charge is 0.481 e. The second-order valence-electron chi connectivity index (χ2n) is 37.8. The van der Waals surface area contributed by atoms with Gasteiger partial charge in [-0.15, -0.1) is 0 Å². The summed E-state index contributed by atoms with van der Waals surface area (Å²) < 4.78 is 0. The third-order valence-electron chi connectivity index (χ3n) is 23.1. The standard InChI is InChI=1S/7C14H28O2.5C3H8O3/c7*1-2-3-4-5-6-7-8-9-10-11-12-13-14(15)16;5*4-1-3(6)2-5/h7*2-13H2,1H3,(H,15,16);5*3-6H,1-2H2. The average molecular weight is 2060 g/mol. The van der Waals surface area contributed by atoms with E-state index in [0.717, 1.165) is 89.9 Å². The maximum Gasteiger partial charge on any atom is 0.303 e.